The van der Waals surface area contributed by atoms with Gasteiger partial charge in [0, 0.05) is 17.3 Å². The lowest BCUT2D eigenvalue weighted by Gasteiger charge is -2.50. The van der Waals surface area contributed by atoms with Crippen molar-refractivity contribution >= 4 is 5.78 Å². The van der Waals surface area contributed by atoms with Crippen molar-refractivity contribution < 1.29 is 15.4 Å². The highest BCUT2D eigenvalue weighted by Crippen LogP contribution is 2.63. The number of hydrogen-bond donors (Lipinski definition) is 1. The molecule has 0 amide bonds. The predicted octanol–water partition coefficient (Wildman–Crippen LogP) is 4.50. The number of rotatable bonds is 2. The van der Waals surface area contributed by atoms with Crippen molar-refractivity contribution in [2.24, 2.45) is 17.3 Å². The Kier molecular flexibility index (Phi) is 2.57. The van der Waals surface area contributed by atoms with Crippen LogP contribution in [0, 0.1) is 17.3 Å². The second-order valence-electron chi connectivity index (χ2n) is 7.59. The fraction of sp³-hybridized carbons (Fsp3) is 0.667. The van der Waals surface area contributed by atoms with Crippen LogP contribution in [-0.2, 0) is 4.79 Å². The Bertz CT molecular complexity index is 766. The first-order valence-electron chi connectivity index (χ1n) is 11.1. The van der Waals surface area contributed by atoms with E-state index in [0.717, 1.165) is 24.8 Å². The molecule has 0 aromatic rings. The summed E-state index contributed by atoms with van der Waals surface area (Å²) < 4.78 is 32.2. The highest BCUT2D eigenvalue weighted by molar-refractivity contribution is 5.93. The Hall–Kier alpha value is -1.15. The van der Waals surface area contributed by atoms with Gasteiger partial charge >= 0.3 is 0 Å². The zero-order valence-corrected chi connectivity index (χ0v) is 13.8. The molecule has 0 bridgehead atoms. The molecule has 1 saturated carbocycles. The molecule has 0 unspecified atom stereocenters. The van der Waals surface area contributed by atoms with Gasteiger partial charge in [0.1, 0.15) is 0 Å². The van der Waals surface area contributed by atoms with Crippen LogP contribution in [0.5, 0.6) is 0 Å². The van der Waals surface area contributed by atoms with Crippen LogP contribution in [0.3, 0.4) is 0 Å². The first kappa shape index (κ1) is 11.4. The van der Waals surface area contributed by atoms with Crippen LogP contribution in [-0.4, -0.2) is 16.5 Å². The number of ketones is 1. The van der Waals surface area contributed by atoms with Crippen LogP contribution in [0.25, 0.3) is 0 Å². The van der Waals surface area contributed by atoms with Crippen molar-refractivity contribution in [2.45, 2.75) is 70.7 Å². The van der Waals surface area contributed by atoms with Gasteiger partial charge in [0.15, 0.2) is 5.78 Å². The molecule has 0 spiro atoms. The lowest BCUT2D eigenvalue weighted by Crippen LogP contribution is -2.48. The monoisotopic (exact) mass is 316 g/mol. The average molecular weight is 316 g/mol. The van der Waals surface area contributed by atoms with Crippen LogP contribution < -0.4 is 0 Å². The molecule has 0 radical (unpaired) electrons. The summed E-state index contributed by atoms with van der Waals surface area (Å²) in [5.41, 5.74) is 1.28. The lowest BCUT2D eigenvalue weighted by molar-refractivity contribution is -0.114. The van der Waals surface area contributed by atoms with Gasteiger partial charge in [-0.3, -0.25) is 4.79 Å². The minimum atomic E-state index is -2.29. The second kappa shape index (κ2) is 5.17. The van der Waals surface area contributed by atoms with E-state index in [0.29, 0.717) is 19.3 Å². The van der Waals surface area contributed by atoms with Crippen LogP contribution in [0.15, 0.2) is 34.9 Å². The average Bonchev–Trinajstić information content (AvgIpc) is 2.96. The number of hydrogen-bond acceptors (Lipinski definition) is 2. The van der Waals surface area contributed by atoms with Gasteiger partial charge in [0.2, 0.25) is 0 Å². The molecule has 4 rings (SSSR count). The normalized spacial score (nSPS) is 45.5. The molecule has 2 nitrogen and oxygen atoms in total. The summed E-state index contributed by atoms with van der Waals surface area (Å²) in [5, 5.41) is 11.6. The maximum atomic E-state index is 11.8. The third-order valence-corrected chi connectivity index (χ3v) is 6.94. The zero-order valence-electron chi connectivity index (χ0n) is 17.8. The molecule has 0 aromatic heterocycles. The van der Waals surface area contributed by atoms with E-state index in [2.05, 4.69) is 6.08 Å². The van der Waals surface area contributed by atoms with E-state index in [1.54, 1.807) is 6.08 Å². The van der Waals surface area contributed by atoms with Gasteiger partial charge in [-0.2, -0.15) is 0 Å². The molecule has 124 valence electrons. The fourth-order valence-corrected chi connectivity index (χ4v) is 5.75. The summed E-state index contributed by atoms with van der Waals surface area (Å²) in [6.45, 7) is 0.251. The molecule has 0 heterocycles. The smallest absolute Gasteiger partial charge is 0.156 e. The van der Waals surface area contributed by atoms with Crippen molar-refractivity contribution in [1.82, 2.24) is 0 Å². The van der Waals surface area contributed by atoms with Gasteiger partial charge < -0.3 is 5.11 Å². The largest absolute Gasteiger partial charge is 0.389 e. The first-order valence-corrected chi connectivity index (χ1v) is 8.91. The minimum Gasteiger partial charge on any atom is -0.389 e. The van der Waals surface area contributed by atoms with Gasteiger partial charge in [-0.15, -0.1) is 0 Å². The van der Waals surface area contributed by atoms with E-state index < -0.39 is 24.3 Å². The zero-order chi connectivity index (χ0) is 19.6. The Morgan fingerprint density at radius 1 is 1.39 bits per heavy atom. The predicted molar refractivity (Wildman–Crippen MR) is 91.9 cm³/mol. The third kappa shape index (κ3) is 1.94. The highest BCUT2D eigenvalue weighted by atomic mass is 16.3. The molecule has 2 heteroatoms. The highest BCUT2D eigenvalue weighted by Gasteiger charge is 2.59. The molecule has 0 aliphatic heterocycles. The summed E-state index contributed by atoms with van der Waals surface area (Å²) in [5.74, 6) is 0.582. The van der Waals surface area contributed by atoms with Gasteiger partial charge in [0.25, 0.3) is 0 Å². The number of fused-ring (bicyclic) bond motifs is 4. The molecular weight excluding hydrogens is 284 g/mol. The summed E-state index contributed by atoms with van der Waals surface area (Å²) in [4.78, 5) is 11.8. The van der Waals surface area contributed by atoms with Gasteiger partial charge in [-0.1, -0.05) is 26.0 Å². The molecular formula is C21H28O2. The quantitative estimate of drug-likeness (QED) is 0.814. The van der Waals surface area contributed by atoms with Gasteiger partial charge in [0.05, 0.1) is 5.60 Å². The lowest BCUT2D eigenvalue weighted by atomic mass is 9.56. The van der Waals surface area contributed by atoms with Crippen LogP contribution in [0.1, 0.15) is 70.6 Å². The summed E-state index contributed by atoms with van der Waals surface area (Å²) in [6, 6.07) is 0. The first-order chi connectivity index (χ1) is 12.7. The van der Waals surface area contributed by atoms with E-state index >= 15 is 0 Å². The van der Waals surface area contributed by atoms with E-state index in [-0.39, 0.29) is 24.0 Å². The van der Waals surface area contributed by atoms with E-state index in [1.807, 2.05) is 13.0 Å². The Morgan fingerprint density at radius 3 is 3.04 bits per heavy atom. The molecule has 23 heavy (non-hydrogen) atoms. The Morgan fingerprint density at radius 2 is 2.26 bits per heavy atom. The van der Waals surface area contributed by atoms with E-state index in [9.17, 15) is 9.90 Å². The van der Waals surface area contributed by atoms with E-state index in [4.69, 9.17) is 5.48 Å². The molecule has 0 aromatic carbocycles. The van der Waals surface area contributed by atoms with Crippen LogP contribution in [0.4, 0.5) is 0 Å². The van der Waals surface area contributed by atoms with Crippen molar-refractivity contribution in [2.75, 3.05) is 0 Å². The molecule has 4 atom stereocenters. The second-order valence-corrected chi connectivity index (χ2v) is 7.59. The van der Waals surface area contributed by atoms with Crippen LogP contribution >= 0.6 is 0 Å². The molecule has 1 N–H and O–H groups in total. The van der Waals surface area contributed by atoms with Crippen molar-refractivity contribution in [3.05, 3.63) is 34.9 Å². The van der Waals surface area contributed by atoms with Crippen molar-refractivity contribution in [3.63, 3.8) is 0 Å². The summed E-state index contributed by atoms with van der Waals surface area (Å²) >= 11 is 0. The topological polar surface area (TPSA) is 37.3 Å². The Balaban J connectivity index is 1.84. The molecule has 4 aliphatic carbocycles. The third-order valence-electron chi connectivity index (χ3n) is 6.94. The molecule has 0 saturated heterocycles. The number of allylic oxidation sites excluding steroid dienone is 5. The SMILES string of the molecule is [2H]C([2H])C([2H])([2H])[C@]1(O)CC[C@H]2[C@@H]3CCC4=CC(=O)CCC4=C3C=C[C@@]21CC. The Labute approximate surface area is 145 Å². The maximum absolute atomic E-state index is 11.8. The molecule has 4 aliphatic rings. The maximum Gasteiger partial charge on any atom is 0.156 e. The van der Waals surface area contributed by atoms with Gasteiger partial charge in [-0.05, 0) is 79.5 Å². The number of carbonyl (C=O) groups excluding carboxylic acids is 1. The number of aliphatic hydroxyl groups is 1. The minimum absolute atomic E-state index is 0.119. The van der Waals surface area contributed by atoms with Gasteiger partial charge in [-0.25, -0.2) is 0 Å². The fourth-order valence-electron chi connectivity index (χ4n) is 5.75. The van der Waals surface area contributed by atoms with E-state index in [1.165, 1.54) is 11.1 Å². The van der Waals surface area contributed by atoms with Crippen molar-refractivity contribution in [1.29, 1.82) is 0 Å². The number of carbonyl (C=O) groups is 1. The standard InChI is InChI=1S/C21H28O2/c1-3-20-11-9-17-16-8-6-15(22)13-14(16)5-7-18(17)19(20)10-12-21(20,23)4-2/h9,11,13,18-19,23H,3-8,10,12H2,1-2H3/t18-,19+,20+,21+/m1/s1/i2D2,4D2. The van der Waals surface area contributed by atoms with Crippen molar-refractivity contribution in [3.8, 4) is 0 Å². The molecule has 1 fully saturated rings. The summed E-state index contributed by atoms with van der Waals surface area (Å²) in [6.07, 6.45) is 8.27. The summed E-state index contributed by atoms with van der Waals surface area (Å²) in [7, 11) is 0. The van der Waals surface area contributed by atoms with Crippen LogP contribution in [0.2, 0.25) is 0 Å².